The van der Waals surface area contributed by atoms with Gasteiger partial charge in [0.05, 0.1) is 11.7 Å². The zero-order valence-electron chi connectivity index (χ0n) is 15.9. The van der Waals surface area contributed by atoms with Crippen molar-refractivity contribution in [1.29, 1.82) is 0 Å². The number of aryl methyl sites for hydroxylation is 1. The zero-order valence-corrected chi connectivity index (χ0v) is 15.9. The van der Waals surface area contributed by atoms with Crippen molar-refractivity contribution >= 4 is 5.91 Å². The average Bonchev–Trinajstić information content (AvgIpc) is 3.23. The fourth-order valence-electron chi connectivity index (χ4n) is 3.72. The average molecular weight is 366 g/mol. The Hall–Kier alpha value is -2.47. The van der Waals surface area contributed by atoms with Gasteiger partial charge in [0, 0.05) is 31.3 Å². The van der Waals surface area contributed by atoms with Crippen LogP contribution in [0.1, 0.15) is 48.5 Å². The molecule has 3 heterocycles. The molecule has 27 heavy (non-hydrogen) atoms. The van der Waals surface area contributed by atoms with E-state index in [1.54, 1.807) is 0 Å². The Bertz CT molecular complexity index is 815. The van der Waals surface area contributed by atoms with Gasteiger partial charge in [0.15, 0.2) is 6.10 Å². The number of nitrogens with one attached hydrogen (secondary N) is 1. The molecule has 1 amide bonds. The van der Waals surface area contributed by atoms with E-state index in [0.717, 1.165) is 42.2 Å². The first-order valence-electron chi connectivity index (χ1n) is 9.70. The summed E-state index contributed by atoms with van der Waals surface area (Å²) < 4.78 is 5.83. The Morgan fingerprint density at radius 3 is 2.89 bits per heavy atom. The summed E-state index contributed by atoms with van der Waals surface area (Å²) in [5, 5.41) is 3.44. The van der Waals surface area contributed by atoms with Crippen molar-refractivity contribution in [3.63, 3.8) is 0 Å². The van der Waals surface area contributed by atoms with E-state index in [0.29, 0.717) is 13.1 Å². The third kappa shape index (κ3) is 3.95. The Kier molecular flexibility index (Phi) is 5.07. The van der Waals surface area contributed by atoms with Crippen LogP contribution >= 0.6 is 0 Å². The lowest BCUT2D eigenvalue weighted by molar-refractivity contribution is -0.138. The highest BCUT2D eigenvalue weighted by molar-refractivity contribution is 5.81. The maximum atomic E-state index is 12.8. The van der Waals surface area contributed by atoms with Crippen LogP contribution in [0.25, 0.3) is 0 Å². The fourth-order valence-corrected chi connectivity index (χ4v) is 3.72. The van der Waals surface area contributed by atoms with Crippen molar-refractivity contribution in [3.05, 3.63) is 53.1 Å². The van der Waals surface area contributed by atoms with Gasteiger partial charge in [-0.1, -0.05) is 17.7 Å². The summed E-state index contributed by atoms with van der Waals surface area (Å²) in [7, 11) is 0. The van der Waals surface area contributed by atoms with Gasteiger partial charge >= 0.3 is 0 Å². The summed E-state index contributed by atoms with van der Waals surface area (Å²) in [5.41, 5.74) is 3.28. The number of benzene rings is 1. The number of amides is 1. The molecule has 142 valence electrons. The molecule has 2 aliphatic rings. The third-order valence-electron chi connectivity index (χ3n) is 5.32. The zero-order chi connectivity index (χ0) is 18.8. The second-order valence-corrected chi connectivity index (χ2v) is 7.43. The van der Waals surface area contributed by atoms with Crippen molar-refractivity contribution in [2.45, 2.75) is 51.8 Å². The Balaban J connectivity index is 1.40. The highest BCUT2D eigenvalue weighted by Crippen LogP contribution is 2.24. The number of hydrogen-bond donors (Lipinski definition) is 1. The molecule has 2 aromatic rings. The van der Waals surface area contributed by atoms with E-state index in [2.05, 4.69) is 10.3 Å². The third-order valence-corrected chi connectivity index (χ3v) is 5.32. The lowest BCUT2D eigenvalue weighted by Gasteiger charge is -2.30. The molecule has 0 saturated carbocycles. The fraction of sp³-hybridized carbons (Fsp3) is 0.476. The molecule has 1 aromatic heterocycles. The topological polar surface area (TPSA) is 67.3 Å². The normalized spacial score (nSPS) is 20.2. The van der Waals surface area contributed by atoms with Crippen molar-refractivity contribution in [3.8, 4) is 5.75 Å². The Morgan fingerprint density at radius 2 is 2.15 bits per heavy atom. The number of carbonyl (C=O) groups is 1. The minimum atomic E-state index is -0.517. The summed E-state index contributed by atoms with van der Waals surface area (Å²) in [6.07, 6.45) is 4.41. The van der Waals surface area contributed by atoms with E-state index < -0.39 is 6.10 Å². The van der Waals surface area contributed by atoms with E-state index in [-0.39, 0.29) is 11.9 Å². The van der Waals surface area contributed by atoms with Gasteiger partial charge in [0.2, 0.25) is 0 Å². The van der Waals surface area contributed by atoms with Crippen LogP contribution in [0.2, 0.25) is 0 Å². The molecule has 4 rings (SSSR count). The summed E-state index contributed by atoms with van der Waals surface area (Å²) >= 11 is 0. The number of fused-ring (bicyclic) bond motifs is 1. The van der Waals surface area contributed by atoms with Crippen molar-refractivity contribution in [2.24, 2.45) is 0 Å². The van der Waals surface area contributed by atoms with E-state index in [1.165, 1.54) is 12.0 Å². The van der Waals surface area contributed by atoms with Crippen molar-refractivity contribution in [1.82, 2.24) is 20.2 Å². The van der Waals surface area contributed by atoms with Gasteiger partial charge in [-0.25, -0.2) is 9.97 Å². The van der Waals surface area contributed by atoms with Crippen LogP contribution in [-0.2, 0) is 17.8 Å². The molecule has 0 radical (unpaired) electrons. The summed E-state index contributed by atoms with van der Waals surface area (Å²) in [5.74, 6) is 1.61. The molecule has 2 atom stereocenters. The van der Waals surface area contributed by atoms with E-state index >= 15 is 0 Å². The lowest BCUT2D eigenvalue weighted by atomic mass is 10.1. The van der Waals surface area contributed by atoms with Gasteiger partial charge in [-0.3, -0.25) is 4.79 Å². The molecule has 0 spiro atoms. The predicted octanol–water partition coefficient (Wildman–Crippen LogP) is 2.56. The summed E-state index contributed by atoms with van der Waals surface area (Å²) in [4.78, 5) is 24.0. The maximum Gasteiger partial charge on any atom is 0.263 e. The van der Waals surface area contributed by atoms with Crippen LogP contribution in [0.4, 0.5) is 0 Å². The van der Waals surface area contributed by atoms with Crippen LogP contribution in [0, 0.1) is 6.92 Å². The lowest BCUT2D eigenvalue weighted by Crippen LogP contribution is -2.43. The first kappa shape index (κ1) is 17.9. The Labute approximate surface area is 160 Å². The Morgan fingerprint density at radius 1 is 1.33 bits per heavy atom. The van der Waals surface area contributed by atoms with Crippen molar-refractivity contribution in [2.75, 3.05) is 13.1 Å². The smallest absolute Gasteiger partial charge is 0.263 e. The highest BCUT2D eigenvalue weighted by Gasteiger charge is 2.28. The van der Waals surface area contributed by atoms with Crippen molar-refractivity contribution < 1.29 is 9.53 Å². The molecule has 1 N–H and O–H groups in total. The number of nitrogens with zero attached hydrogens (tertiary/aromatic N) is 3. The number of rotatable bonds is 4. The van der Waals surface area contributed by atoms with E-state index in [4.69, 9.17) is 9.72 Å². The van der Waals surface area contributed by atoms with Gasteiger partial charge in [-0.05, 0) is 45.4 Å². The van der Waals surface area contributed by atoms with E-state index in [1.807, 2.05) is 49.2 Å². The van der Waals surface area contributed by atoms with Gasteiger partial charge < -0.3 is 15.0 Å². The minimum absolute atomic E-state index is 0.00256. The maximum absolute atomic E-state index is 12.8. The molecular weight excluding hydrogens is 340 g/mol. The quantitative estimate of drug-likeness (QED) is 0.901. The molecule has 6 heteroatoms. The molecular formula is C21H26N4O2. The van der Waals surface area contributed by atoms with Gasteiger partial charge in [0.25, 0.3) is 5.91 Å². The van der Waals surface area contributed by atoms with Gasteiger partial charge in [-0.2, -0.15) is 0 Å². The first-order chi connectivity index (χ1) is 13.1. The highest BCUT2D eigenvalue weighted by atomic mass is 16.5. The van der Waals surface area contributed by atoms with Gasteiger partial charge in [-0.15, -0.1) is 0 Å². The molecule has 1 fully saturated rings. The monoisotopic (exact) mass is 366 g/mol. The minimum Gasteiger partial charge on any atom is -0.481 e. The summed E-state index contributed by atoms with van der Waals surface area (Å²) in [6.45, 7) is 6.09. The molecule has 6 nitrogen and oxygen atoms in total. The molecule has 1 aromatic carbocycles. The van der Waals surface area contributed by atoms with Gasteiger partial charge in [0.1, 0.15) is 11.6 Å². The molecule has 0 bridgehead atoms. The standard InChI is InChI=1S/C21H26N4O2/c1-14-5-7-17(8-6-14)27-15(2)21(26)25-11-9-18-16(13-25)12-23-20(24-18)19-4-3-10-22-19/h5-8,12,15,19,22H,3-4,9-11,13H2,1-2H3/t15-,19+/m1/s1. The first-order valence-corrected chi connectivity index (χ1v) is 9.70. The largest absolute Gasteiger partial charge is 0.481 e. The number of aromatic nitrogens is 2. The second kappa shape index (κ2) is 7.64. The van der Waals surface area contributed by atoms with Crippen LogP contribution in [-0.4, -0.2) is 40.0 Å². The number of ether oxygens (including phenoxy) is 1. The van der Waals surface area contributed by atoms with E-state index in [9.17, 15) is 4.79 Å². The van der Waals surface area contributed by atoms with Crippen LogP contribution in [0.3, 0.4) is 0 Å². The molecule has 2 aliphatic heterocycles. The molecule has 0 aliphatic carbocycles. The number of hydrogen-bond acceptors (Lipinski definition) is 5. The van der Waals surface area contributed by atoms with Crippen LogP contribution < -0.4 is 10.1 Å². The number of carbonyl (C=O) groups excluding carboxylic acids is 1. The second-order valence-electron chi connectivity index (χ2n) is 7.43. The summed E-state index contributed by atoms with van der Waals surface area (Å²) in [6, 6.07) is 8.04. The molecule has 1 saturated heterocycles. The van der Waals surface area contributed by atoms with Crippen LogP contribution in [0.5, 0.6) is 5.75 Å². The SMILES string of the molecule is Cc1ccc(O[C@H](C)C(=O)N2CCc3nc([C@@H]4CCCN4)ncc3C2)cc1. The predicted molar refractivity (Wildman–Crippen MR) is 102 cm³/mol. The van der Waals surface area contributed by atoms with Crippen LogP contribution in [0.15, 0.2) is 30.5 Å². The molecule has 0 unspecified atom stereocenters.